The molecule has 18 heavy (non-hydrogen) atoms. The van der Waals surface area contributed by atoms with Crippen LogP contribution in [0.3, 0.4) is 0 Å². The van der Waals surface area contributed by atoms with E-state index in [9.17, 15) is 4.79 Å². The van der Waals surface area contributed by atoms with E-state index in [-0.39, 0.29) is 11.9 Å². The summed E-state index contributed by atoms with van der Waals surface area (Å²) in [4.78, 5) is 11.9. The van der Waals surface area contributed by atoms with Gasteiger partial charge in [0.25, 0.3) is 0 Å². The Morgan fingerprint density at radius 2 is 2.11 bits per heavy atom. The van der Waals surface area contributed by atoms with E-state index in [2.05, 4.69) is 33.5 Å². The fourth-order valence-electron chi connectivity index (χ4n) is 1.88. The zero-order chi connectivity index (χ0) is 13.5. The first-order valence-corrected chi connectivity index (χ1v) is 7.17. The Hall–Kier alpha value is -0.870. The highest BCUT2D eigenvalue weighted by atomic mass is 79.9. The number of amides is 1. The minimum Gasteiger partial charge on any atom is -0.326 e. The minimum atomic E-state index is 0.0560. The third-order valence-electron chi connectivity index (χ3n) is 2.77. The van der Waals surface area contributed by atoms with Crippen molar-refractivity contribution in [2.45, 2.75) is 39.7 Å². The van der Waals surface area contributed by atoms with E-state index in [1.54, 1.807) is 0 Å². The summed E-state index contributed by atoms with van der Waals surface area (Å²) in [6, 6.07) is 6.14. The van der Waals surface area contributed by atoms with Crippen LogP contribution in [0, 0.1) is 0 Å². The molecular weight excluding hydrogens is 292 g/mol. The Kier molecular flexibility index (Phi) is 6.36. The molecule has 4 heteroatoms. The van der Waals surface area contributed by atoms with E-state index in [1.807, 2.05) is 32.0 Å². The third kappa shape index (κ3) is 4.78. The Labute approximate surface area is 117 Å². The molecule has 1 amide bonds. The zero-order valence-electron chi connectivity index (χ0n) is 11.2. The quantitative estimate of drug-likeness (QED) is 0.846. The van der Waals surface area contributed by atoms with E-state index in [0.29, 0.717) is 6.42 Å². The van der Waals surface area contributed by atoms with Gasteiger partial charge in [-0.3, -0.25) is 4.79 Å². The summed E-state index contributed by atoms with van der Waals surface area (Å²) in [5.41, 5.74) is 2.06. The van der Waals surface area contributed by atoms with E-state index >= 15 is 0 Å². The number of aryl methyl sites for hydroxylation is 1. The van der Waals surface area contributed by atoms with Gasteiger partial charge in [0, 0.05) is 22.6 Å². The lowest BCUT2D eigenvalue weighted by Crippen LogP contribution is -2.30. The van der Waals surface area contributed by atoms with Crippen LogP contribution in [0.1, 0.15) is 32.8 Å². The maximum absolute atomic E-state index is 11.9. The number of rotatable bonds is 6. The molecule has 100 valence electrons. The summed E-state index contributed by atoms with van der Waals surface area (Å²) < 4.78 is 1.04. The van der Waals surface area contributed by atoms with Crippen molar-refractivity contribution in [1.29, 1.82) is 0 Å². The lowest BCUT2D eigenvalue weighted by molar-refractivity contribution is -0.116. The predicted octanol–water partition coefficient (Wildman–Crippen LogP) is 3.34. The van der Waals surface area contributed by atoms with Crippen LogP contribution < -0.4 is 10.6 Å². The Morgan fingerprint density at radius 1 is 1.39 bits per heavy atom. The summed E-state index contributed by atoms with van der Waals surface area (Å²) >= 11 is 3.44. The number of hydrogen-bond donors (Lipinski definition) is 2. The molecule has 0 saturated carbocycles. The van der Waals surface area contributed by atoms with Gasteiger partial charge in [-0.1, -0.05) is 29.8 Å². The summed E-state index contributed by atoms with van der Waals surface area (Å²) in [5.74, 6) is 0.0560. The maximum atomic E-state index is 11.9. The molecule has 0 aliphatic heterocycles. The highest BCUT2D eigenvalue weighted by molar-refractivity contribution is 9.10. The van der Waals surface area contributed by atoms with Crippen molar-refractivity contribution in [3.05, 3.63) is 28.2 Å². The second kappa shape index (κ2) is 7.54. The fourth-order valence-corrected chi connectivity index (χ4v) is 2.29. The second-order valence-electron chi connectivity index (χ2n) is 4.37. The predicted molar refractivity (Wildman–Crippen MR) is 79.9 cm³/mol. The molecule has 0 aromatic heterocycles. The van der Waals surface area contributed by atoms with Crippen LogP contribution in [0.15, 0.2) is 22.7 Å². The molecule has 1 aromatic carbocycles. The first-order valence-electron chi connectivity index (χ1n) is 6.38. The topological polar surface area (TPSA) is 41.1 Å². The van der Waals surface area contributed by atoms with Crippen LogP contribution in [0.4, 0.5) is 5.69 Å². The molecule has 1 unspecified atom stereocenters. The molecule has 3 nitrogen and oxygen atoms in total. The minimum absolute atomic E-state index is 0.0560. The summed E-state index contributed by atoms with van der Waals surface area (Å²) in [5, 5.41) is 6.21. The van der Waals surface area contributed by atoms with Gasteiger partial charge in [0.2, 0.25) is 5.91 Å². The van der Waals surface area contributed by atoms with Gasteiger partial charge in [-0.05, 0) is 43.7 Å². The molecular formula is C14H21BrN2O. The average Bonchev–Trinajstić information content (AvgIpc) is 2.31. The number of carbonyl (C=O) groups excluding carboxylic acids is 1. The van der Waals surface area contributed by atoms with Crippen LogP contribution in [0.2, 0.25) is 0 Å². The number of hydrogen-bond acceptors (Lipinski definition) is 2. The van der Waals surface area contributed by atoms with Crippen LogP contribution in [-0.2, 0) is 11.2 Å². The average molecular weight is 313 g/mol. The van der Waals surface area contributed by atoms with Crippen molar-refractivity contribution in [3.8, 4) is 0 Å². The zero-order valence-corrected chi connectivity index (χ0v) is 12.8. The lowest BCUT2D eigenvalue weighted by atomic mass is 10.1. The van der Waals surface area contributed by atoms with Crippen molar-refractivity contribution in [2.24, 2.45) is 0 Å². The Balaban J connectivity index is 2.64. The number of carbonyl (C=O) groups is 1. The van der Waals surface area contributed by atoms with Crippen LogP contribution in [-0.4, -0.2) is 18.5 Å². The third-order valence-corrected chi connectivity index (χ3v) is 3.26. The molecule has 0 radical (unpaired) electrons. The first kappa shape index (κ1) is 15.2. The highest BCUT2D eigenvalue weighted by Crippen LogP contribution is 2.21. The van der Waals surface area contributed by atoms with Gasteiger partial charge in [-0.15, -0.1) is 0 Å². The largest absolute Gasteiger partial charge is 0.326 e. The normalized spacial score (nSPS) is 12.2. The van der Waals surface area contributed by atoms with Gasteiger partial charge in [0.1, 0.15) is 0 Å². The number of nitrogens with one attached hydrogen (secondary N) is 2. The van der Waals surface area contributed by atoms with Gasteiger partial charge >= 0.3 is 0 Å². The monoisotopic (exact) mass is 312 g/mol. The van der Waals surface area contributed by atoms with Crippen molar-refractivity contribution in [3.63, 3.8) is 0 Å². The first-order chi connectivity index (χ1) is 8.56. The van der Waals surface area contributed by atoms with Gasteiger partial charge < -0.3 is 10.6 Å². The molecule has 0 aliphatic carbocycles. The number of benzene rings is 1. The second-order valence-corrected chi connectivity index (χ2v) is 5.28. The highest BCUT2D eigenvalue weighted by Gasteiger charge is 2.10. The van der Waals surface area contributed by atoms with Crippen molar-refractivity contribution in [2.75, 3.05) is 11.9 Å². The van der Waals surface area contributed by atoms with Crippen LogP contribution in [0.25, 0.3) is 0 Å². The number of halogens is 1. The van der Waals surface area contributed by atoms with Crippen molar-refractivity contribution < 1.29 is 4.79 Å². The lowest BCUT2D eigenvalue weighted by Gasteiger charge is -2.14. The summed E-state index contributed by atoms with van der Waals surface area (Å²) in [6.07, 6.45) is 1.39. The summed E-state index contributed by atoms with van der Waals surface area (Å²) in [6.45, 7) is 7.02. The van der Waals surface area contributed by atoms with Crippen molar-refractivity contribution >= 4 is 27.5 Å². The Bertz CT molecular complexity index is 407. The molecule has 0 bridgehead atoms. The van der Waals surface area contributed by atoms with Crippen LogP contribution in [0.5, 0.6) is 0 Å². The molecule has 0 heterocycles. The van der Waals surface area contributed by atoms with Gasteiger partial charge in [-0.25, -0.2) is 0 Å². The van der Waals surface area contributed by atoms with Gasteiger partial charge in [0.15, 0.2) is 0 Å². The van der Waals surface area contributed by atoms with Gasteiger partial charge in [-0.2, -0.15) is 0 Å². The van der Waals surface area contributed by atoms with E-state index in [4.69, 9.17) is 0 Å². The van der Waals surface area contributed by atoms with Crippen molar-refractivity contribution in [1.82, 2.24) is 5.32 Å². The number of anilines is 1. The smallest absolute Gasteiger partial charge is 0.225 e. The molecule has 1 aromatic rings. The maximum Gasteiger partial charge on any atom is 0.225 e. The molecule has 0 aliphatic rings. The SMILES string of the molecule is CCNC(C)CC(=O)Nc1ccc(Br)cc1CC. The molecule has 0 saturated heterocycles. The molecule has 1 rings (SSSR count). The molecule has 0 spiro atoms. The van der Waals surface area contributed by atoms with E-state index in [1.165, 1.54) is 0 Å². The standard InChI is InChI=1S/C14H21BrN2O/c1-4-11-9-12(15)6-7-13(11)17-14(18)8-10(3)16-5-2/h6-7,9-10,16H,4-5,8H2,1-3H3,(H,17,18). The molecule has 0 fully saturated rings. The van der Waals surface area contributed by atoms with E-state index in [0.717, 1.165) is 28.7 Å². The fraction of sp³-hybridized carbons (Fsp3) is 0.500. The van der Waals surface area contributed by atoms with Crippen LogP contribution >= 0.6 is 15.9 Å². The van der Waals surface area contributed by atoms with Gasteiger partial charge in [0.05, 0.1) is 0 Å². The molecule has 2 N–H and O–H groups in total. The molecule has 1 atom stereocenters. The Morgan fingerprint density at radius 3 is 2.72 bits per heavy atom. The summed E-state index contributed by atoms with van der Waals surface area (Å²) in [7, 11) is 0. The van der Waals surface area contributed by atoms with E-state index < -0.39 is 0 Å².